The van der Waals surface area contributed by atoms with E-state index >= 15 is 0 Å². The second-order valence-corrected chi connectivity index (χ2v) is 4.31. The smallest absolute Gasteiger partial charge is 0.325 e. The Hall–Kier alpha value is -1.59. The molecule has 6 heteroatoms. The number of nitrogens with one attached hydrogen (secondary N) is 2. The first-order valence-corrected chi connectivity index (χ1v) is 5.28. The number of hydrogen-bond donors (Lipinski definition) is 2. The van der Waals surface area contributed by atoms with Gasteiger partial charge in [-0.1, -0.05) is 13.8 Å². The normalized spacial score (nSPS) is 17.6. The van der Waals surface area contributed by atoms with Crippen LogP contribution in [0.4, 0.5) is 4.79 Å². The molecule has 0 saturated carbocycles. The van der Waals surface area contributed by atoms with Crippen LogP contribution in [0.5, 0.6) is 0 Å². The van der Waals surface area contributed by atoms with Gasteiger partial charge in [-0.25, -0.2) is 4.79 Å². The van der Waals surface area contributed by atoms with Crippen molar-refractivity contribution in [2.75, 3.05) is 13.1 Å². The van der Waals surface area contributed by atoms with Crippen LogP contribution in [0.2, 0.25) is 0 Å². The maximum atomic E-state index is 11.5. The molecule has 1 rings (SSSR count). The molecule has 0 aromatic rings. The zero-order valence-electron chi connectivity index (χ0n) is 9.74. The van der Waals surface area contributed by atoms with Gasteiger partial charge in [0.1, 0.15) is 13.1 Å². The molecule has 0 aromatic carbocycles. The van der Waals surface area contributed by atoms with Crippen molar-refractivity contribution >= 4 is 17.8 Å². The van der Waals surface area contributed by atoms with Gasteiger partial charge in [0.15, 0.2) is 0 Å². The molecule has 0 aliphatic carbocycles. The molecule has 2 N–H and O–H groups in total. The third-order valence-electron chi connectivity index (χ3n) is 2.59. The third-order valence-corrected chi connectivity index (χ3v) is 2.59. The summed E-state index contributed by atoms with van der Waals surface area (Å²) in [7, 11) is 0. The van der Waals surface area contributed by atoms with Gasteiger partial charge in [-0.2, -0.15) is 0 Å². The summed E-state index contributed by atoms with van der Waals surface area (Å²) in [5.41, 5.74) is 0. The van der Waals surface area contributed by atoms with Gasteiger partial charge in [-0.15, -0.1) is 0 Å². The lowest BCUT2D eigenvalue weighted by Crippen LogP contribution is -2.43. The van der Waals surface area contributed by atoms with E-state index in [9.17, 15) is 14.4 Å². The van der Waals surface area contributed by atoms with Crippen LogP contribution >= 0.6 is 0 Å². The number of carbonyl (C=O) groups excluding carboxylic acids is 3. The van der Waals surface area contributed by atoms with Gasteiger partial charge < -0.3 is 10.2 Å². The molecule has 16 heavy (non-hydrogen) atoms. The number of urea groups is 1. The molecule has 0 radical (unpaired) electrons. The number of amides is 4. The van der Waals surface area contributed by atoms with Gasteiger partial charge in [-0.3, -0.25) is 14.9 Å². The molecule has 0 aromatic heterocycles. The average Bonchev–Trinajstić information content (AvgIpc) is 2.44. The van der Waals surface area contributed by atoms with Crippen molar-refractivity contribution in [1.82, 2.24) is 15.5 Å². The highest BCUT2D eigenvalue weighted by Gasteiger charge is 2.28. The Morgan fingerprint density at radius 1 is 1.44 bits per heavy atom. The molecule has 90 valence electrons. The van der Waals surface area contributed by atoms with Gasteiger partial charge >= 0.3 is 6.03 Å². The molecule has 1 aliphatic rings. The van der Waals surface area contributed by atoms with Gasteiger partial charge in [0.2, 0.25) is 11.8 Å². The summed E-state index contributed by atoms with van der Waals surface area (Å²) in [5.74, 6) is -0.279. The molecule has 6 nitrogen and oxygen atoms in total. The molecule has 1 aliphatic heterocycles. The Kier molecular flexibility index (Phi) is 3.87. The summed E-state index contributed by atoms with van der Waals surface area (Å²) in [6.07, 6.45) is 0. The number of rotatable bonds is 4. The third kappa shape index (κ3) is 3.22. The van der Waals surface area contributed by atoms with Crippen LogP contribution < -0.4 is 10.6 Å². The fourth-order valence-electron chi connectivity index (χ4n) is 1.25. The largest absolute Gasteiger partial charge is 0.352 e. The zero-order valence-corrected chi connectivity index (χ0v) is 9.74. The van der Waals surface area contributed by atoms with Crippen LogP contribution in [0.15, 0.2) is 0 Å². The highest BCUT2D eigenvalue weighted by molar-refractivity contribution is 6.03. The van der Waals surface area contributed by atoms with Crippen molar-refractivity contribution in [3.05, 3.63) is 0 Å². The van der Waals surface area contributed by atoms with Crippen LogP contribution in [-0.2, 0) is 9.59 Å². The molecular weight excluding hydrogens is 210 g/mol. The molecule has 1 fully saturated rings. The Morgan fingerprint density at radius 2 is 2.06 bits per heavy atom. The van der Waals surface area contributed by atoms with Gasteiger partial charge in [-0.05, 0) is 12.8 Å². The molecule has 1 unspecified atom stereocenters. The average molecular weight is 227 g/mol. The van der Waals surface area contributed by atoms with Crippen molar-refractivity contribution in [2.24, 2.45) is 5.92 Å². The minimum atomic E-state index is -0.502. The van der Waals surface area contributed by atoms with Crippen molar-refractivity contribution in [3.8, 4) is 0 Å². The lowest BCUT2D eigenvalue weighted by molar-refractivity contribution is -0.122. The van der Waals surface area contributed by atoms with Crippen molar-refractivity contribution in [3.63, 3.8) is 0 Å². The highest BCUT2D eigenvalue weighted by Crippen LogP contribution is 2.01. The Morgan fingerprint density at radius 3 is 2.50 bits per heavy atom. The molecule has 1 atom stereocenters. The zero-order chi connectivity index (χ0) is 12.3. The molecule has 1 heterocycles. The molecule has 1 saturated heterocycles. The van der Waals surface area contributed by atoms with E-state index in [1.165, 1.54) is 4.90 Å². The van der Waals surface area contributed by atoms with Crippen LogP contribution in [-0.4, -0.2) is 41.9 Å². The van der Waals surface area contributed by atoms with Crippen molar-refractivity contribution < 1.29 is 14.4 Å². The van der Waals surface area contributed by atoms with E-state index < -0.39 is 6.03 Å². The summed E-state index contributed by atoms with van der Waals surface area (Å²) >= 11 is 0. The Labute approximate surface area is 94.4 Å². The van der Waals surface area contributed by atoms with Crippen LogP contribution in [0, 0.1) is 5.92 Å². The van der Waals surface area contributed by atoms with Gasteiger partial charge in [0.05, 0.1) is 0 Å². The van der Waals surface area contributed by atoms with E-state index in [1.54, 1.807) is 0 Å². The topological polar surface area (TPSA) is 78.5 Å². The lowest BCUT2D eigenvalue weighted by Gasteiger charge is -2.19. The summed E-state index contributed by atoms with van der Waals surface area (Å²) in [6.45, 7) is 5.78. The van der Waals surface area contributed by atoms with E-state index in [0.29, 0.717) is 5.92 Å². The van der Waals surface area contributed by atoms with Gasteiger partial charge in [0.25, 0.3) is 0 Å². The second kappa shape index (κ2) is 4.96. The quantitative estimate of drug-likeness (QED) is 0.647. The monoisotopic (exact) mass is 227 g/mol. The molecule has 0 spiro atoms. The van der Waals surface area contributed by atoms with E-state index in [0.717, 1.165) is 0 Å². The van der Waals surface area contributed by atoms with E-state index in [-0.39, 0.29) is 30.9 Å². The fourth-order valence-corrected chi connectivity index (χ4v) is 1.25. The standard InChI is InChI=1S/C10H17N3O3/c1-6(2)7(3)11-8(14)4-13-5-9(15)12-10(13)16/h6-7H,4-5H2,1-3H3,(H,11,14)(H,12,15,16). The number of nitrogens with zero attached hydrogens (tertiary/aromatic N) is 1. The second-order valence-electron chi connectivity index (χ2n) is 4.31. The summed E-state index contributed by atoms with van der Waals surface area (Å²) in [4.78, 5) is 34.7. The Bertz CT molecular complexity index is 314. The Balaban J connectivity index is 2.40. The summed E-state index contributed by atoms with van der Waals surface area (Å²) in [5, 5.41) is 4.89. The predicted molar refractivity (Wildman–Crippen MR) is 57.6 cm³/mol. The SMILES string of the molecule is CC(C)C(C)NC(=O)CN1CC(=O)NC1=O. The van der Waals surface area contributed by atoms with Crippen molar-refractivity contribution in [1.29, 1.82) is 0 Å². The van der Waals surface area contributed by atoms with Gasteiger partial charge in [0, 0.05) is 6.04 Å². The van der Waals surface area contributed by atoms with E-state index in [2.05, 4.69) is 10.6 Å². The first-order valence-electron chi connectivity index (χ1n) is 5.28. The van der Waals surface area contributed by atoms with Crippen LogP contribution in [0.3, 0.4) is 0 Å². The van der Waals surface area contributed by atoms with E-state index in [1.807, 2.05) is 20.8 Å². The lowest BCUT2D eigenvalue weighted by atomic mass is 10.1. The van der Waals surface area contributed by atoms with Crippen LogP contribution in [0.1, 0.15) is 20.8 Å². The minimum Gasteiger partial charge on any atom is -0.352 e. The summed E-state index contributed by atoms with van der Waals surface area (Å²) < 4.78 is 0. The maximum absolute atomic E-state index is 11.5. The molecule has 0 bridgehead atoms. The maximum Gasteiger partial charge on any atom is 0.325 e. The number of imide groups is 1. The van der Waals surface area contributed by atoms with E-state index in [4.69, 9.17) is 0 Å². The molecule has 4 amide bonds. The number of carbonyl (C=O) groups is 3. The minimum absolute atomic E-state index is 0.0394. The molecular formula is C10H17N3O3. The number of hydrogen-bond acceptors (Lipinski definition) is 3. The predicted octanol–water partition coefficient (Wildman–Crippen LogP) is -0.301. The first kappa shape index (κ1) is 12.5. The fraction of sp³-hybridized carbons (Fsp3) is 0.700. The summed E-state index contributed by atoms with van der Waals surface area (Å²) in [6, 6.07) is -0.453. The first-order chi connectivity index (χ1) is 7.40. The van der Waals surface area contributed by atoms with Crippen molar-refractivity contribution in [2.45, 2.75) is 26.8 Å². The van der Waals surface area contributed by atoms with Crippen LogP contribution in [0.25, 0.3) is 0 Å². The highest BCUT2D eigenvalue weighted by atomic mass is 16.2.